The average molecular weight is 731 g/mol. The summed E-state index contributed by atoms with van der Waals surface area (Å²) in [5.41, 5.74) is 5.93. The van der Waals surface area contributed by atoms with Gasteiger partial charge in [-0.15, -0.1) is 0 Å². The minimum absolute atomic E-state index is 0.0259. The summed E-state index contributed by atoms with van der Waals surface area (Å²) in [7, 11) is 1.36. The summed E-state index contributed by atoms with van der Waals surface area (Å²) in [6, 6.07) is 2.01. The summed E-state index contributed by atoms with van der Waals surface area (Å²) >= 11 is 0. The van der Waals surface area contributed by atoms with E-state index in [-0.39, 0.29) is 43.9 Å². The Hall–Kier alpha value is -5.02. The minimum atomic E-state index is -1.68. The van der Waals surface area contributed by atoms with Crippen molar-refractivity contribution in [1.29, 1.82) is 0 Å². The van der Waals surface area contributed by atoms with Crippen molar-refractivity contribution in [3.63, 3.8) is 0 Å². The van der Waals surface area contributed by atoms with Crippen molar-refractivity contribution in [1.82, 2.24) is 26.2 Å². The number of amides is 6. The van der Waals surface area contributed by atoms with Crippen molar-refractivity contribution in [2.24, 2.45) is 17.6 Å². The van der Waals surface area contributed by atoms with Crippen LogP contribution in [-0.2, 0) is 44.8 Å². The molecule has 0 bridgehead atoms. The number of carboxylic acids is 2. The van der Waals surface area contributed by atoms with Gasteiger partial charge in [-0.1, -0.05) is 76.3 Å². The van der Waals surface area contributed by atoms with Crippen molar-refractivity contribution >= 4 is 47.4 Å². The van der Waals surface area contributed by atoms with Crippen molar-refractivity contribution in [2.75, 3.05) is 7.05 Å². The lowest BCUT2D eigenvalue weighted by Crippen LogP contribution is -2.59. The SMILES string of the molecule is CC(=O)N[C@@H](CCC(N)=O)C(=O)N(C)[C@@H](CC1CCCCC1)C(=O)N[C@@H](CC(=O)O)C(=O)N[C@@H](CC(C)C)C(=O)N[C@@H](Cc1ccccc1)C(=O)O. The normalized spacial score (nSPS) is 15.9. The molecule has 6 amide bonds. The number of aliphatic carboxylic acids is 2. The number of hydrogen-bond donors (Lipinski definition) is 7. The zero-order valence-corrected chi connectivity index (χ0v) is 30.4. The third-order valence-electron chi connectivity index (χ3n) is 9.00. The Morgan fingerprint density at radius 2 is 1.38 bits per heavy atom. The van der Waals surface area contributed by atoms with Crippen LogP contribution in [-0.4, -0.2) is 99.8 Å². The van der Waals surface area contributed by atoms with E-state index in [1.807, 2.05) is 0 Å². The van der Waals surface area contributed by atoms with Gasteiger partial charge in [0.2, 0.25) is 35.4 Å². The van der Waals surface area contributed by atoms with Gasteiger partial charge < -0.3 is 42.1 Å². The summed E-state index contributed by atoms with van der Waals surface area (Å²) < 4.78 is 0. The molecule has 0 aliphatic heterocycles. The van der Waals surface area contributed by atoms with E-state index in [1.165, 1.54) is 14.0 Å². The van der Waals surface area contributed by atoms with Crippen LogP contribution in [0, 0.1) is 11.8 Å². The zero-order chi connectivity index (χ0) is 39.0. The number of nitrogens with zero attached hydrogens (tertiary/aromatic N) is 1. The smallest absolute Gasteiger partial charge is 0.326 e. The van der Waals surface area contributed by atoms with Gasteiger partial charge in [-0.05, 0) is 36.7 Å². The van der Waals surface area contributed by atoms with Gasteiger partial charge in [0.1, 0.15) is 30.2 Å². The first-order valence-corrected chi connectivity index (χ1v) is 17.7. The molecule has 1 fully saturated rings. The highest BCUT2D eigenvalue weighted by atomic mass is 16.4. The largest absolute Gasteiger partial charge is 0.481 e. The molecule has 16 nitrogen and oxygen atoms in total. The second kappa shape index (κ2) is 21.4. The van der Waals surface area contributed by atoms with Crippen molar-refractivity contribution in [3.8, 4) is 0 Å². The fraction of sp³-hybridized carbons (Fsp3) is 0.611. The molecule has 288 valence electrons. The quantitative estimate of drug-likeness (QED) is 0.0939. The van der Waals surface area contributed by atoms with Crippen molar-refractivity contribution in [3.05, 3.63) is 35.9 Å². The second-order valence-electron chi connectivity index (χ2n) is 13.9. The van der Waals surface area contributed by atoms with Crippen LogP contribution < -0.4 is 27.0 Å². The van der Waals surface area contributed by atoms with Crippen LogP contribution in [0.1, 0.15) is 90.5 Å². The van der Waals surface area contributed by atoms with Crippen LogP contribution in [0.3, 0.4) is 0 Å². The van der Waals surface area contributed by atoms with Crippen LogP contribution in [0.25, 0.3) is 0 Å². The molecular formula is C36H54N6O10. The first kappa shape index (κ1) is 43.1. The van der Waals surface area contributed by atoms with Crippen LogP contribution in [0.2, 0.25) is 0 Å². The lowest BCUT2D eigenvalue weighted by molar-refractivity contribution is -0.145. The van der Waals surface area contributed by atoms with Gasteiger partial charge in [-0.25, -0.2) is 4.79 Å². The second-order valence-corrected chi connectivity index (χ2v) is 13.9. The number of nitrogens with two attached hydrogens (primary N) is 1. The van der Waals surface area contributed by atoms with Crippen LogP contribution in [0.15, 0.2) is 30.3 Å². The maximum Gasteiger partial charge on any atom is 0.326 e. The van der Waals surface area contributed by atoms with E-state index < -0.39 is 84.0 Å². The van der Waals surface area contributed by atoms with Gasteiger partial charge in [0, 0.05) is 26.8 Å². The van der Waals surface area contributed by atoms with Crippen molar-refractivity contribution < 1.29 is 48.6 Å². The summed E-state index contributed by atoms with van der Waals surface area (Å²) in [6.07, 6.45) is 3.47. The van der Waals surface area contributed by atoms with Gasteiger partial charge in [0.25, 0.3) is 0 Å². The Morgan fingerprint density at radius 3 is 1.92 bits per heavy atom. The minimum Gasteiger partial charge on any atom is -0.481 e. The topological polar surface area (TPSA) is 254 Å². The molecule has 0 aromatic heterocycles. The molecule has 52 heavy (non-hydrogen) atoms. The Morgan fingerprint density at radius 1 is 0.808 bits per heavy atom. The molecule has 0 heterocycles. The fourth-order valence-corrected chi connectivity index (χ4v) is 6.32. The molecule has 5 atom stereocenters. The Balaban J connectivity index is 2.34. The van der Waals surface area contributed by atoms with Gasteiger partial charge in [0.05, 0.1) is 6.42 Å². The Labute approximate surface area is 304 Å². The van der Waals surface area contributed by atoms with E-state index in [0.717, 1.165) is 37.0 Å². The van der Waals surface area contributed by atoms with Gasteiger partial charge in [0.15, 0.2) is 0 Å². The number of nitrogens with one attached hydrogen (secondary N) is 4. The van der Waals surface area contributed by atoms with Gasteiger partial charge in [-0.3, -0.25) is 33.6 Å². The molecule has 1 aliphatic rings. The molecular weight excluding hydrogens is 676 g/mol. The zero-order valence-electron chi connectivity index (χ0n) is 30.4. The maximum absolute atomic E-state index is 14.0. The summed E-state index contributed by atoms with van der Waals surface area (Å²) in [5.74, 6) is -7.37. The molecule has 1 aromatic rings. The van der Waals surface area contributed by atoms with Gasteiger partial charge in [-0.2, -0.15) is 0 Å². The standard InChI is InChI=1S/C36H54N6O10/c1-21(2)17-26(32(47)41-28(36(51)52)18-23-11-7-5-8-12-23)39-33(48)27(20-31(45)46)40-34(49)29(19-24-13-9-6-10-14-24)42(4)35(50)25(38-22(3)43)15-16-30(37)44/h5,7-8,11-12,21,24-29H,6,9-10,13-20H2,1-4H3,(H2,37,44)(H,38,43)(H,39,48)(H,40,49)(H,41,47)(H,45,46)(H,51,52)/t25-,26-,27-,28-,29-/m0/s1. The number of primary amides is 1. The van der Waals surface area contributed by atoms with E-state index in [0.29, 0.717) is 5.56 Å². The Bertz CT molecular complexity index is 1420. The number of rotatable bonds is 21. The first-order valence-electron chi connectivity index (χ1n) is 17.7. The molecule has 1 saturated carbocycles. The van der Waals surface area contributed by atoms with E-state index in [1.54, 1.807) is 44.2 Å². The van der Waals surface area contributed by atoms with E-state index in [4.69, 9.17) is 5.73 Å². The molecule has 8 N–H and O–H groups in total. The van der Waals surface area contributed by atoms with Gasteiger partial charge >= 0.3 is 11.9 Å². The first-order chi connectivity index (χ1) is 24.5. The van der Waals surface area contributed by atoms with Crippen LogP contribution in [0.4, 0.5) is 0 Å². The maximum atomic E-state index is 14.0. The Kier molecular flexibility index (Phi) is 17.7. The summed E-state index contributed by atoms with van der Waals surface area (Å²) in [6.45, 7) is 4.76. The predicted octanol–water partition coefficient (Wildman–Crippen LogP) is 0.857. The van der Waals surface area contributed by atoms with E-state index in [9.17, 15) is 48.6 Å². The van der Waals surface area contributed by atoms with E-state index in [2.05, 4.69) is 21.3 Å². The molecule has 2 rings (SSSR count). The predicted molar refractivity (Wildman–Crippen MR) is 189 cm³/mol. The van der Waals surface area contributed by atoms with Crippen LogP contribution >= 0.6 is 0 Å². The molecule has 0 saturated heterocycles. The molecule has 0 radical (unpaired) electrons. The monoisotopic (exact) mass is 730 g/mol. The lowest BCUT2D eigenvalue weighted by atomic mass is 9.84. The molecule has 1 aliphatic carbocycles. The molecule has 16 heteroatoms. The molecule has 1 aromatic carbocycles. The highest BCUT2D eigenvalue weighted by molar-refractivity contribution is 5.97. The van der Waals surface area contributed by atoms with E-state index >= 15 is 0 Å². The fourth-order valence-electron chi connectivity index (χ4n) is 6.32. The molecule has 0 unspecified atom stereocenters. The highest BCUT2D eigenvalue weighted by Crippen LogP contribution is 2.29. The number of benzene rings is 1. The summed E-state index contributed by atoms with van der Waals surface area (Å²) in [4.78, 5) is 103. The highest BCUT2D eigenvalue weighted by Gasteiger charge is 2.37. The number of hydrogen-bond acceptors (Lipinski definition) is 8. The average Bonchev–Trinajstić information content (AvgIpc) is 3.07. The number of carboxylic acid groups (broad SMARTS) is 2. The molecule has 0 spiro atoms. The number of carbonyl (C=O) groups excluding carboxylic acids is 6. The third kappa shape index (κ3) is 15.1. The third-order valence-corrected chi connectivity index (χ3v) is 9.00. The summed E-state index contributed by atoms with van der Waals surface area (Å²) in [5, 5.41) is 29.5. The van der Waals surface area contributed by atoms with Crippen molar-refractivity contribution in [2.45, 2.75) is 122 Å². The lowest BCUT2D eigenvalue weighted by Gasteiger charge is -2.34. The number of likely N-dealkylation sites (N-methyl/N-ethyl adjacent to an activating group) is 1. The number of carbonyl (C=O) groups is 8. The van der Waals surface area contributed by atoms with Crippen LogP contribution in [0.5, 0.6) is 0 Å².